The van der Waals surface area contributed by atoms with E-state index in [1.54, 1.807) is 12.4 Å². The van der Waals surface area contributed by atoms with E-state index in [9.17, 15) is 13.2 Å². The topological polar surface area (TPSA) is 63.8 Å². The summed E-state index contributed by atoms with van der Waals surface area (Å²) in [5.41, 5.74) is 5.61. The molecule has 4 nitrogen and oxygen atoms in total. The monoisotopic (exact) mass is 282 g/mol. The molecular formula is C13H13F3N4. The Morgan fingerprint density at radius 2 is 1.85 bits per heavy atom. The zero-order chi connectivity index (χ0) is 14.6. The second-order valence-electron chi connectivity index (χ2n) is 4.20. The van der Waals surface area contributed by atoms with E-state index in [0.717, 1.165) is 17.7 Å². The third-order valence-corrected chi connectivity index (χ3v) is 2.64. The van der Waals surface area contributed by atoms with Crippen molar-refractivity contribution in [3.8, 4) is 0 Å². The molecule has 0 aliphatic carbocycles. The smallest absolute Gasteiger partial charge is 0.384 e. The van der Waals surface area contributed by atoms with Crippen molar-refractivity contribution in [1.29, 1.82) is 0 Å². The molecule has 2 rings (SSSR count). The highest BCUT2D eigenvalue weighted by Crippen LogP contribution is 2.31. The maximum Gasteiger partial charge on any atom is 0.416 e. The standard InChI is InChI=1S/C13H13F3N4/c14-13(15,16)10-7-11(17)20-12(8-10)19-6-3-9-1-4-18-5-2-9/h1-2,4-5,7-8H,3,6H2,(H3,17,19,20). The van der Waals surface area contributed by atoms with E-state index < -0.39 is 11.7 Å². The second-order valence-corrected chi connectivity index (χ2v) is 4.20. The van der Waals surface area contributed by atoms with Crippen molar-refractivity contribution in [2.45, 2.75) is 12.6 Å². The average molecular weight is 282 g/mol. The molecule has 7 heteroatoms. The number of pyridine rings is 2. The third-order valence-electron chi connectivity index (χ3n) is 2.64. The molecule has 0 atom stereocenters. The lowest BCUT2D eigenvalue weighted by molar-refractivity contribution is -0.137. The molecule has 0 spiro atoms. The molecule has 2 aromatic rings. The lowest BCUT2D eigenvalue weighted by atomic mass is 10.2. The zero-order valence-electron chi connectivity index (χ0n) is 10.5. The summed E-state index contributed by atoms with van der Waals surface area (Å²) in [4.78, 5) is 7.72. The molecule has 20 heavy (non-hydrogen) atoms. The minimum Gasteiger partial charge on any atom is -0.384 e. The SMILES string of the molecule is Nc1cc(C(F)(F)F)cc(NCCc2ccncc2)n1. The van der Waals surface area contributed by atoms with E-state index in [1.165, 1.54) is 0 Å². The Balaban J connectivity index is 2.01. The predicted octanol–water partition coefficient (Wildman–Crippen LogP) is 2.73. The van der Waals surface area contributed by atoms with Crippen LogP contribution in [0.3, 0.4) is 0 Å². The summed E-state index contributed by atoms with van der Waals surface area (Å²) in [6.45, 7) is 0.456. The average Bonchev–Trinajstić information content (AvgIpc) is 2.38. The van der Waals surface area contributed by atoms with Crippen LogP contribution in [0.2, 0.25) is 0 Å². The fraction of sp³-hybridized carbons (Fsp3) is 0.231. The van der Waals surface area contributed by atoms with Gasteiger partial charge in [0.1, 0.15) is 11.6 Å². The van der Waals surface area contributed by atoms with Gasteiger partial charge in [0.05, 0.1) is 5.56 Å². The number of alkyl halides is 3. The van der Waals surface area contributed by atoms with Crippen molar-refractivity contribution < 1.29 is 13.2 Å². The van der Waals surface area contributed by atoms with Gasteiger partial charge in [-0.1, -0.05) is 0 Å². The van der Waals surface area contributed by atoms with Gasteiger partial charge in [-0.3, -0.25) is 4.98 Å². The Morgan fingerprint density at radius 3 is 2.50 bits per heavy atom. The van der Waals surface area contributed by atoms with Crippen LogP contribution < -0.4 is 11.1 Å². The number of anilines is 2. The zero-order valence-corrected chi connectivity index (χ0v) is 10.5. The molecule has 0 unspecified atom stereocenters. The first-order valence-corrected chi connectivity index (χ1v) is 5.93. The van der Waals surface area contributed by atoms with Crippen LogP contribution in [0.5, 0.6) is 0 Å². The van der Waals surface area contributed by atoms with Crippen molar-refractivity contribution in [2.75, 3.05) is 17.6 Å². The van der Waals surface area contributed by atoms with Crippen LogP contribution in [0.1, 0.15) is 11.1 Å². The minimum atomic E-state index is -4.43. The molecular weight excluding hydrogens is 269 g/mol. The Morgan fingerprint density at radius 1 is 1.15 bits per heavy atom. The summed E-state index contributed by atoms with van der Waals surface area (Å²) in [6, 6.07) is 5.45. The van der Waals surface area contributed by atoms with Crippen LogP contribution >= 0.6 is 0 Å². The molecule has 106 valence electrons. The molecule has 2 aromatic heterocycles. The molecule has 0 aromatic carbocycles. The van der Waals surface area contributed by atoms with Gasteiger partial charge in [0.2, 0.25) is 0 Å². The third kappa shape index (κ3) is 3.84. The highest BCUT2D eigenvalue weighted by molar-refractivity contribution is 5.47. The maximum atomic E-state index is 12.6. The molecule has 0 amide bonds. The van der Waals surface area contributed by atoms with E-state index in [0.29, 0.717) is 13.0 Å². The van der Waals surface area contributed by atoms with Crippen LogP contribution in [0, 0.1) is 0 Å². The number of nitrogens with zero attached hydrogens (tertiary/aromatic N) is 2. The first kappa shape index (κ1) is 14.1. The van der Waals surface area contributed by atoms with Gasteiger partial charge in [0, 0.05) is 18.9 Å². The molecule has 0 fully saturated rings. The predicted molar refractivity (Wildman–Crippen MR) is 70.1 cm³/mol. The van der Waals surface area contributed by atoms with Crippen molar-refractivity contribution in [1.82, 2.24) is 9.97 Å². The fourth-order valence-electron chi connectivity index (χ4n) is 1.69. The number of nitrogens with one attached hydrogen (secondary N) is 1. The maximum absolute atomic E-state index is 12.6. The Kier molecular flexibility index (Phi) is 4.07. The van der Waals surface area contributed by atoms with Gasteiger partial charge in [-0.2, -0.15) is 13.2 Å². The highest BCUT2D eigenvalue weighted by Gasteiger charge is 2.31. The number of rotatable bonds is 4. The molecule has 2 heterocycles. The lowest BCUT2D eigenvalue weighted by Crippen LogP contribution is -2.11. The van der Waals surface area contributed by atoms with E-state index in [-0.39, 0.29) is 11.6 Å². The lowest BCUT2D eigenvalue weighted by Gasteiger charge is -2.11. The van der Waals surface area contributed by atoms with Crippen molar-refractivity contribution in [3.63, 3.8) is 0 Å². The first-order valence-electron chi connectivity index (χ1n) is 5.93. The van der Waals surface area contributed by atoms with E-state index in [4.69, 9.17) is 5.73 Å². The molecule has 3 N–H and O–H groups in total. The quantitative estimate of drug-likeness (QED) is 0.905. The highest BCUT2D eigenvalue weighted by atomic mass is 19.4. The molecule has 0 aliphatic rings. The van der Waals surface area contributed by atoms with Crippen LogP contribution in [0.15, 0.2) is 36.7 Å². The van der Waals surface area contributed by atoms with Gasteiger partial charge in [-0.25, -0.2) is 4.98 Å². The van der Waals surface area contributed by atoms with Gasteiger partial charge >= 0.3 is 6.18 Å². The Labute approximate surface area is 113 Å². The van der Waals surface area contributed by atoms with E-state index in [1.807, 2.05) is 12.1 Å². The number of hydrogen-bond donors (Lipinski definition) is 2. The van der Waals surface area contributed by atoms with Gasteiger partial charge in [-0.15, -0.1) is 0 Å². The molecule has 0 saturated heterocycles. The Bertz CT molecular complexity index is 570. The van der Waals surface area contributed by atoms with Crippen molar-refractivity contribution >= 4 is 11.6 Å². The molecule has 0 radical (unpaired) electrons. The molecule has 0 aliphatic heterocycles. The number of halogens is 3. The number of nitrogens with two attached hydrogens (primary N) is 1. The van der Waals surface area contributed by atoms with Gasteiger partial charge in [0.25, 0.3) is 0 Å². The minimum absolute atomic E-state index is 0.117. The Hall–Kier alpha value is -2.31. The van der Waals surface area contributed by atoms with E-state index >= 15 is 0 Å². The summed E-state index contributed by atoms with van der Waals surface area (Å²) in [7, 11) is 0. The van der Waals surface area contributed by atoms with Crippen molar-refractivity contribution in [2.24, 2.45) is 0 Å². The van der Waals surface area contributed by atoms with E-state index in [2.05, 4.69) is 15.3 Å². The molecule has 0 bridgehead atoms. The number of aromatic nitrogens is 2. The second kappa shape index (κ2) is 5.77. The van der Waals surface area contributed by atoms with Gasteiger partial charge < -0.3 is 11.1 Å². The van der Waals surface area contributed by atoms with Crippen LogP contribution in [-0.4, -0.2) is 16.5 Å². The fourth-order valence-corrected chi connectivity index (χ4v) is 1.69. The summed E-state index contributed by atoms with van der Waals surface area (Å²) >= 11 is 0. The van der Waals surface area contributed by atoms with Crippen molar-refractivity contribution in [3.05, 3.63) is 47.8 Å². The van der Waals surface area contributed by atoms with Crippen LogP contribution in [-0.2, 0) is 12.6 Å². The van der Waals surface area contributed by atoms with Crippen LogP contribution in [0.4, 0.5) is 24.8 Å². The molecule has 0 saturated carbocycles. The number of nitrogen functional groups attached to an aromatic ring is 1. The summed E-state index contributed by atoms with van der Waals surface area (Å²) in [5.74, 6) is -0.0439. The summed E-state index contributed by atoms with van der Waals surface area (Å²) in [6.07, 6.45) is -0.454. The normalized spacial score (nSPS) is 11.3. The number of hydrogen-bond acceptors (Lipinski definition) is 4. The van der Waals surface area contributed by atoms with Crippen LogP contribution in [0.25, 0.3) is 0 Å². The van der Waals surface area contributed by atoms with Gasteiger partial charge in [-0.05, 0) is 36.2 Å². The first-order chi connectivity index (χ1) is 9.45. The summed E-state index contributed by atoms with van der Waals surface area (Å²) < 4.78 is 37.9. The summed E-state index contributed by atoms with van der Waals surface area (Å²) in [5, 5.41) is 2.83. The van der Waals surface area contributed by atoms with Gasteiger partial charge in [0.15, 0.2) is 0 Å². The largest absolute Gasteiger partial charge is 0.416 e.